The first-order valence-electron chi connectivity index (χ1n) is 7.60. The van der Waals surface area contributed by atoms with E-state index in [1.54, 1.807) is 29.5 Å². The van der Waals surface area contributed by atoms with Crippen LogP contribution < -0.4 is 5.32 Å². The van der Waals surface area contributed by atoms with Gasteiger partial charge < -0.3 is 10.2 Å². The molecule has 1 aromatic carbocycles. The van der Waals surface area contributed by atoms with Crippen molar-refractivity contribution in [3.63, 3.8) is 0 Å². The monoisotopic (exact) mass is 362 g/mol. The minimum absolute atomic E-state index is 0.0394. The standard InChI is InChI=1S/C18H19ClN2O2S/c1-2-21(18(23)10-9-16-4-3-11-24-16)13-17(22)20-12-14-5-7-15(19)8-6-14/h3-11H,2,12-13H2,1H3,(H,20,22). The molecule has 0 fully saturated rings. The zero-order chi connectivity index (χ0) is 17.4. The van der Waals surface area contributed by atoms with Gasteiger partial charge in [0.2, 0.25) is 11.8 Å². The van der Waals surface area contributed by atoms with Gasteiger partial charge in [-0.05, 0) is 42.1 Å². The number of carbonyl (C=O) groups excluding carboxylic acids is 2. The van der Waals surface area contributed by atoms with Crippen LogP contribution in [-0.4, -0.2) is 29.8 Å². The summed E-state index contributed by atoms with van der Waals surface area (Å²) in [6.45, 7) is 2.77. The summed E-state index contributed by atoms with van der Waals surface area (Å²) in [6, 6.07) is 11.1. The van der Waals surface area contributed by atoms with E-state index in [0.717, 1.165) is 10.4 Å². The number of amides is 2. The van der Waals surface area contributed by atoms with Crippen LogP contribution >= 0.6 is 22.9 Å². The molecule has 1 aromatic heterocycles. The molecule has 6 heteroatoms. The summed E-state index contributed by atoms with van der Waals surface area (Å²) in [5.41, 5.74) is 0.958. The molecular formula is C18H19ClN2O2S. The van der Waals surface area contributed by atoms with E-state index in [-0.39, 0.29) is 18.4 Å². The lowest BCUT2D eigenvalue weighted by Gasteiger charge is -2.18. The third-order valence-electron chi connectivity index (χ3n) is 3.36. The third kappa shape index (κ3) is 5.83. The van der Waals surface area contributed by atoms with Crippen molar-refractivity contribution in [2.45, 2.75) is 13.5 Å². The fourth-order valence-electron chi connectivity index (χ4n) is 2.02. The van der Waals surface area contributed by atoms with Crippen molar-refractivity contribution < 1.29 is 9.59 Å². The molecule has 0 unspecified atom stereocenters. The Morgan fingerprint density at radius 1 is 1.25 bits per heavy atom. The van der Waals surface area contributed by atoms with Crippen LogP contribution in [0.1, 0.15) is 17.4 Å². The second-order valence-corrected chi connectivity index (χ2v) is 6.52. The SMILES string of the molecule is CCN(CC(=O)NCc1ccc(Cl)cc1)C(=O)C=Cc1cccs1. The molecule has 0 aliphatic carbocycles. The largest absolute Gasteiger partial charge is 0.350 e. The van der Waals surface area contributed by atoms with Gasteiger partial charge in [-0.1, -0.05) is 29.8 Å². The number of hydrogen-bond donors (Lipinski definition) is 1. The highest BCUT2D eigenvalue weighted by molar-refractivity contribution is 7.10. The molecule has 0 atom stereocenters. The van der Waals surface area contributed by atoms with Gasteiger partial charge >= 0.3 is 0 Å². The van der Waals surface area contributed by atoms with Crippen LogP contribution in [0.3, 0.4) is 0 Å². The smallest absolute Gasteiger partial charge is 0.247 e. The van der Waals surface area contributed by atoms with Crippen LogP contribution in [0.5, 0.6) is 0 Å². The molecular weight excluding hydrogens is 344 g/mol. The average molecular weight is 363 g/mol. The molecule has 0 saturated heterocycles. The quantitative estimate of drug-likeness (QED) is 0.765. The molecule has 2 aromatic rings. The highest BCUT2D eigenvalue weighted by atomic mass is 35.5. The van der Waals surface area contributed by atoms with Gasteiger partial charge in [0.1, 0.15) is 0 Å². The van der Waals surface area contributed by atoms with Gasteiger partial charge in [0.25, 0.3) is 0 Å². The second-order valence-electron chi connectivity index (χ2n) is 5.10. The number of nitrogens with zero attached hydrogens (tertiary/aromatic N) is 1. The van der Waals surface area contributed by atoms with E-state index in [1.165, 1.54) is 11.0 Å². The number of hydrogen-bond acceptors (Lipinski definition) is 3. The Hall–Kier alpha value is -2.11. The van der Waals surface area contributed by atoms with Gasteiger partial charge in [-0.15, -0.1) is 11.3 Å². The van der Waals surface area contributed by atoms with Crippen LogP contribution in [-0.2, 0) is 16.1 Å². The average Bonchev–Trinajstić information content (AvgIpc) is 3.10. The maximum absolute atomic E-state index is 12.2. The summed E-state index contributed by atoms with van der Waals surface area (Å²) in [6.07, 6.45) is 3.27. The lowest BCUT2D eigenvalue weighted by Crippen LogP contribution is -2.39. The zero-order valence-corrected chi connectivity index (χ0v) is 14.9. The minimum atomic E-state index is -0.190. The highest BCUT2D eigenvalue weighted by Gasteiger charge is 2.13. The van der Waals surface area contributed by atoms with Crippen molar-refractivity contribution in [3.8, 4) is 0 Å². The van der Waals surface area contributed by atoms with Gasteiger partial charge in [-0.2, -0.15) is 0 Å². The number of likely N-dealkylation sites (N-methyl/N-ethyl adjacent to an activating group) is 1. The van der Waals surface area contributed by atoms with E-state index in [4.69, 9.17) is 11.6 Å². The fourth-order valence-corrected chi connectivity index (χ4v) is 2.77. The number of benzene rings is 1. The van der Waals surface area contributed by atoms with Crippen molar-refractivity contribution in [2.75, 3.05) is 13.1 Å². The van der Waals surface area contributed by atoms with Crippen LogP contribution in [0.2, 0.25) is 5.02 Å². The molecule has 2 amide bonds. The molecule has 1 heterocycles. The number of rotatable bonds is 7. The van der Waals surface area contributed by atoms with Crippen LogP contribution in [0.4, 0.5) is 0 Å². The molecule has 126 valence electrons. The molecule has 0 bridgehead atoms. The first kappa shape index (κ1) is 18.2. The van der Waals surface area contributed by atoms with E-state index in [9.17, 15) is 9.59 Å². The van der Waals surface area contributed by atoms with Crippen LogP contribution in [0.25, 0.3) is 6.08 Å². The Morgan fingerprint density at radius 3 is 2.62 bits per heavy atom. The van der Waals surface area contributed by atoms with E-state index >= 15 is 0 Å². The van der Waals surface area contributed by atoms with Crippen molar-refractivity contribution in [1.29, 1.82) is 0 Å². The van der Waals surface area contributed by atoms with Crippen molar-refractivity contribution in [3.05, 3.63) is 63.3 Å². The normalized spacial score (nSPS) is 10.8. The zero-order valence-electron chi connectivity index (χ0n) is 13.4. The van der Waals surface area contributed by atoms with E-state index in [0.29, 0.717) is 18.1 Å². The molecule has 0 aliphatic rings. The Kier molecular flexibility index (Phi) is 7.03. The maximum Gasteiger partial charge on any atom is 0.247 e. The summed E-state index contributed by atoms with van der Waals surface area (Å²) in [4.78, 5) is 26.7. The van der Waals surface area contributed by atoms with Crippen LogP contribution in [0.15, 0.2) is 47.9 Å². The molecule has 1 N–H and O–H groups in total. The highest BCUT2D eigenvalue weighted by Crippen LogP contribution is 2.11. The molecule has 0 radical (unpaired) electrons. The molecule has 24 heavy (non-hydrogen) atoms. The summed E-state index contributed by atoms with van der Waals surface area (Å²) < 4.78 is 0. The van der Waals surface area contributed by atoms with Gasteiger partial charge in [-0.3, -0.25) is 9.59 Å². The minimum Gasteiger partial charge on any atom is -0.350 e. The summed E-state index contributed by atoms with van der Waals surface area (Å²) in [5, 5.41) is 5.42. The van der Waals surface area contributed by atoms with Gasteiger partial charge in [0.15, 0.2) is 0 Å². The number of halogens is 1. The number of thiophene rings is 1. The summed E-state index contributed by atoms with van der Waals surface area (Å²) >= 11 is 7.38. The van der Waals surface area contributed by atoms with Crippen molar-refractivity contribution in [2.24, 2.45) is 0 Å². The Balaban J connectivity index is 1.83. The predicted molar refractivity (Wildman–Crippen MR) is 98.9 cm³/mol. The summed E-state index contributed by atoms with van der Waals surface area (Å²) in [5.74, 6) is -0.364. The second kappa shape index (κ2) is 9.25. The van der Waals surface area contributed by atoms with Crippen molar-refractivity contribution in [1.82, 2.24) is 10.2 Å². The van der Waals surface area contributed by atoms with E-state index in [2.05, 4.69) is 5.32 Å². The molecule has 2 rings (SSSR count). The number of carbonyl (C=O) groups is 2. The topological polar surface area (TPSA) is 49.4 Å². The maximum atomic E-state index is 12.2. The molecule has 0 aliphatic heterocycles. The van der Waals surface area contributed by atoms with E-state index in [1.807, 2.05) is 36.6 Å². The Morgan fingerprint density at radius 2 is 2.00 bits per heavy atom. The first-order chi connectivity index (χ1) is 11.6. The lowest BCUT2D eigenvalue weighted by atomic mass is 10.2. The third-order valence-corrected chi connectivity index (χ3v) is 4.45. The van der Waals surface area contributed by atoms with Gasteiger partial charge in [-0.25, -0.2) is 0 Å². The van der Waals surface area contributed by atoms with E-state index < -0.39 is 0 Å². The molecule has 0 saturated carbocycles. The lowest BCUT2D eigenvalue weighted by molar-refractivity contribution is -0.132. The Bertz CT molecular complexity index is 696. The van der Waals surface area contributed by atoms with Crippen LogP contribution in [0, 0.1) is 0 Å². The summed E-state index contributed by atoms with van der Waals surface area (Å²) in [7, 11) is 0. The molecule has 0 spiro atoms. The molecule has 4 nitrogen and oxygen atoms in total. The van der Waals surface area contributed by atoms with Gasteiger partial charge in [0.05, 0.1) is 6.54 Å². The Labute approximate surface area is 150 Å². The van der Waals surface area contributed by atoms with Gasteiger partial charge in [0, 0.05) is 29.1 Å². The number of nitrogens with one attached hydrogen (secondary N) is 1. The fraction of sp³-hybridized carbons (Fsp3) is 0.222. The predicted octanol–water partition coefficient (Wildman–Crippen LogP) is 3.58. The van der Waals surface area contributed by atoms with Crippen molar-refractivity contribution >= 4 is 40.8 Å². The first-order valence-corrected chi connectivity index (χ1v) is 8.86.